The van der Waals surface area contributed by atoms with Crippen molar-refractivity contribution in [1.82, 2.24) is 10.3 Å². The lowest BCUT2D eigenvalue weighted by Crippen LogP contribution is -2.38. The first-order chi connectivity index (χ1) is 12.7. The number of amides is 1. The number of anilines is 1. The lowest BCUT2D eigenvalue weighted by Gasteiger charge is -2.20. The average molecular weight is 402 g/mol. The van der Waals surface area contributed by atoms with Crippen LogP contribution in [0.4, 0.5) is 23.2 Å². The zero-order valence-electron chi connectivity index (χ0n) is 14.1. The van der Waals surface area contributed by atoms with Crippen molar-refractivity contribution in [2.75, 3.05) is 18.0 Å². The van der Waals surface area contributed by atoms with Gasteiger partial charge >= 0.3 is 6.18 Å². The molecular weight excluding hydrogens is 386 g/mol. The van der Waals surface area contributed by atoms with Gasteiger partial charge in [-0.3, -0.25) is 9.78 Å². The van der Waals surface area contributed by atoms with Crippen molar-refractivity contribution in [3.05, 3.63) is 58.6 Å². The Morgan fingerprint density at radius 3 is 2.74 bits per heavy atom. The number of hydrogen-bond acceptors (Lipinski definition) is 3. The highest BCUT2D eigenvalue weighted by Gasteiger charge is 2.32. The van der Waals surface area contributed by atoms with E-state index in [1.165, 1.54) is 18.3 Å². The zero-order valence-corrected chi connectivity index (χ0v) is 14.8. The lowest BCUT2D eigenvalue weighted by molar-refractivity contribution is -0.137. The largest absolute Gasteiger partial charge is 0.417 e. The summed E-state index contributed by atoms with van der Waals surface area (Å²) in [6, 6.07) is 4.74. The number of alkyl halides is 3. The molecule has 3 rings (SSSR count). The second-order valence-corrected chi connectivity index (χ2v) is 6.82. The predicted octanol–water partition coefficient (Wildman–Crippen LogP) is 3.83. The molecule has 1 saturated heterocycles. The topological polar surface area (TPSA) is 45.2 Å². The molecule has 0 radical (unpaired) electrons. The van der Waals surface area contributed by atoms with Gasteiger partial charge in [0.15, 0.2) is 0 Å². The van der Waals surface area contributed by atoms with Crippen LogP contribution in [0.15, 0.2) is 36.7 Å². The molecule has 0 aliphatic carbocycles. The summed E-state index contributed by atoms with van der Waals surface area (Å²) in [6.07, 6.45) is -1.75. The smallest absolute Gasteiger partial charge is 0.368 e. The van der Waals surface area contributed by atoms with Gasteiger partial charge < -0.3 is 10.2 Å². The van der Waals surface area contributed by atoms with Gasteiger partial charge in [0.2, 0.25) is 5.91 Å². The standard InChI is InChI=1S/C18H16ClF4N3O/c19-13-3-11(4-14(20)7-13)5-17(27)25-15-1-2-26(10-15)16-6-12(8-24-9-16)18(21,22)23/h3-4,6-9,15H,1-2,5,10H2,(H,25,27)/t15-/m1/s1. The van der Waals surface area contributed by atoms with E-state index in [-0.39, 0.29) is 23.4 Å². The zero-order chi connectivity index (χ0) is 19.6. The monoisotopic (exact) mass is 401 g/mol. The molecule has 1 amide bonds. The Hall–Kier alpha value is -2.35. The highest BCUT2D eigenvalue weighted by Crippen LogP contribution is 2.31. The van der Waals surface area contributed by atoms with Crippen LogP contribution >= 0.6 is 11.6 Å². The summed E-state index contributed by atoms with van der Waals surface area (Å²) in [5, 5.41) is 3.03. The van der Waals surface area contributed by atoms with E-state index in [0.717, 1.165) is 18.3 Å². The molecule has 2 aromatic rings. The Morgan fingerprint density at radius 2 is 2.04 bits per heavy atom. The fraction of sp³-hybridized carbons (Fsp3) is 0.333. The van der Waals surface area contributed by atoms with Gasteiger partial charge in [-0.2, -0.15) is 13.2 Å². The van der Waals surface area contributed by atoms with Crippen LogP contribution < -0.4 is 10.2 Å². The number of halogens is 5. The number of nitrogens with one attached hydrogen (secondary N) is 1. The van der Waals surface area contributed by atoms with Crippen molar-refractivity contribution in [3.8, 4) is 0 Å². The lowest BCUT2D eigenvalue weighted by atomic mass is 10.1. The molecule has 27 heavy (non-hydrogen) atoms. The molecular formula is C18H16ClF4N3O. The molecule has 4 nitrogen and oxygen atoms in total. The molecule has 1 atom stereocenters. The first kappa shape index (κ1) is 19.4. The van der Waals surface area contributed by atoms with Crippen LogP contribution in [0.2, 0.25) is 5.02 Å². The summed E-state index contributed by atoms with van der Waals surface area (Å²) in [7, 11) is 0. The second kappa shape index (κ2) is 7.72. The minimum Gasteiger partial charge on any atom is -0.368 e. The Balaban J connectivity index is 1.59. The molecule has 1 aromatic carbocycles. The normalized spacial score (nSPS) is 17.2. The third-order valence-electron chi connectivity index (χ3n) is 4.26. The molecule has 0 bridgehead atoms. The van der Waals surface area contributed by atoms with Crippen molar-refractivity contribution >= 4 is 23.2 Å². The number of carbonyl (C=O) groups excluding carboxylic acids is 1. The fourth-order valence-electron chi connectivity index (χ4n) is 3.05. The van der Waals surface area contributed by atoms with E-state index in [1.807, 2.05) is 0 Å². The number of pyridine rings is 1. The van der Waals surface area contributed by atoms with Crippen LogP contribution in [0.3, 0.4) is 0 Å². The average Bonchev–Trinajstić information content (AvgIpc) is 3.01. The maximum atomic E-state index is 13.3. The molecule has 2 heterocycles. The minimum absolute atomic E-state index is 0.0287. The Kier molecular flexibility index (Phi) is 5.55. The Labute approximate surface area is 158 Å². The van der Waals surface area contributed by atoms with Crippen LogP contribution in [0.25, 0.3) is 0 Å². The van der Waals surface area contributed by atoms with Crippen LogP contribution in [0, 0.1) is 5.82 Å². The van der Waals surface area contributed by atoms with Gasteiger partial charge in [-0.05, 0) is 36.2 Å². The van der Waals surface area contributed by atoms with Crippen molar-refractivity contribution in [2.24, 2.45) is 0 Å². The molecule has 1 N–H and O–H groups in total. The van der Waals surface area contributed by atoms with E-state index in [1.54, 1.807) is 4.90 Å². The van der Waals surface area contributed by atoms with E-state index < -0.39 is 17.6 Å². The summed E-state index contributed by atoms with van der Waals surface area (Å²) < 4.78 is 51.8. The summed E-state index contributed by atoms with van der Waals surface area (Å²) in [6.45, 7) is 0.873. The van der Waals surface area contributed by atoms with Gasteiger partial charge in [-0.25, -0.2) is 4.39 Å². The van der Waals surface area contributed by atoms with Gasteiger partial charge in [0.1, 0.15) is 5.82 Å². The highest BCUT2D eigenvalue weighted by molar-refractivity contribution is 6.30. The van der Waals surface area contributed by atoms with Crippen molar-refractivity contribution in [1.29, 1.82) is 0 Å². The van der Waals surface area contributed by atoms with Crippen LogP contribution in [-0.4, -0.2) is 30.0 Å². The summed E-state index contributed by atoms with van der Waals surface area (Å²) in [5.41, 5.74) is 0.00314. The summed E-state index contributed by atoms with van der Waals surface area (Å²) >= 11 is 5.77. The molecule has 1 aliphatic rings. The second-order valence-electron chi connectivity index (χ2n) is 6.38. The van der Waals surface area contributed by atoms with E-state index in [9.17, 15) is 22.4 Å². The molecule has 0 unspecified atom stereocenters. The third-order valence-corrected chi connectivity index (χ3v) is 4.47. The Morgan fingerprint density at radius 1 is 1.26 bits per heavy atom. The highest BCUT2D eigenvalue weighted by atomic mass is 35.5. The minimum atomic E-state index is -4.46. The first-order valence-electron chi connectivity index (χ1n) is 8.22. The number of hydrogen-bond donors (Lipinski definition) is 1. The third kappa shape index (κ3) is 5.09. The Bertz CT molecular complexity index is 823. The molecule has 9 heteroatoms. The van der Waals surface area contributed by atoms with E-state index in [4.69, 9.17) is 11.6 Å². The quantitative estimate of drug-likeness (QED) is 0.792. The van der Waals surface area contributed by atoms with E-state index >= 15 is 0 Å². The van der Waals surface area contributed by atoms with Crippen LogP contribution in [0.5, 0.6) is 0 Å². The van der Waals surface area contributed by atoms with E-state index in [0.29, 0.717) is 30.8 Å². The number of rotatable bonds is 4. The van der Waals surface area contributed by atoms with Gasteiger partial charge in [0, 0.05) is 30.4 Å². The number of benzene rings is 1. The molecule has 1 fully saturated rings. The van der Waals surface area contributed by atoms with E-state index in [2.05, 4.69) is 10.3 Å². The molecule has 1 aliphatic heterocycles. The molecule has 0 saturated carbocycles. The molecule has 1 aromatic heterocycles. The van der Waals surface area contributed by atoms with Crippen molar-refractivity contribution in [3.63, 3.8) is 0 Å². The van der Waals surface area contributed by atoms with Crippen molar-refractivity contribution in [2.45, 2.75) is 25.1 Å². The van der Waals surface area contributed by atoms with Gasteiger partial charge in [0.05, 0.1) is 23.9 Å². The van der Waals surface area contributed by atoms with Gasteiger partial charge in [-0.1, -0.05) is 11.6 Å². The molecule has 0 spiro atoms. The van der Waals surface area contributed by atoms with Gasteiger partial charge in [-0.15, -0.1) is 0 Å². The van der Waals surface area contributed by atoms with Crippen LogP contribution in [0.1, 0.15) is 17.5 Å². The summed E-state index contributed by atoms with van der Waals surface area (Å²) in [4.78, 5) is 17.6. The maximum Gasteiger partial charge on any atom is 0.417 e. The molecule has 144 valence electrons. The summed E-state index contributed by atoms with van der Waals surface area (Å²) in [5.74, 6) is -0.819. The SMILES string of the molecule is O=C(Cc1cc(F)cc(Cl)c1)N[C@@H]1CCN(c2cncc(C(F)(F)F)c2)C1. The van der Waals surface area contributed by atoms with Gasteiger partial charge in [0.25, 0.3) is 0 Å². The fourth-order valence-corrected chi connectivity index (χ4v) is 3.29. The van der Waals surface area contributed by atoms with Crippen LogP contribution in [-0.2, 0) is 17.4 Å². The number of carbonyl (C=O) groups is 1. The maximum absolute atomic E-state index is 13.3. The number of nitrogens with zero attached hydrogens (tertiary/aromatic N) is 2. The first-order valence-corrected chi connectivity index (χ1v) is 8.60. The predicted molar refractivity (Wildman–Crippen MR) is 93.1 cm³/mol. The van der Waals surface area contributed by atoms with Crippen molar-refractivity contribution < 1.29 is 22.4 Å². The number of aromatic nitrogens is 1.